The first kappa shape index (κ1) is 11.4. The number of aromatic nitrogens is 1. The molecule has 0 aromatic carbocycles. The summed E-state index contributed by atoms with van der Waals surface area (Å²) < 4.78 is 0. The molecule has 1 rings (SSSR count). The highest BCUT2D eigenvalue weighted by Crippen LogP contribution is 2.24. The van der Waals surface area contributed by atoms with E-state index in [2.05, 4.69) is 31.0 Å². The van der Waals surface area contributed by atoms with Crippen LogP contribution in [0.2, 0.25) is 0 Å². The van der Waals surface area contributed by atoms with Crippen molar-refractivity contribution in [3.63, 3.8) is 0 Å². The lowest BCUT2D eigenvalue weighted by Crippen LogP contribution is -1.97. The van der Waals surface area contributed by atoms with Crippen LogP contribution in [0.3, 0.4) is 0 Å². The minimum atomic E-state index is 0.752. The van der Waals surface area contributed by atoms with Gasteiger partial charge in [0.15, 0.2) is 0 Å². The maximum absolute atomic E-state index is 3.33. The molecule has 0 amide bonds. The van der Waals surface area contributed by atoms with E-state index in [4.69, 9.17) is 0 Å². The second-order valence-corrected chi connectivity index (χ2v) is 4.08. The Bertz CT molecular complexity index is 213. The molecular weight excluding hydrogens is 170 g/mol. The van der Waals surface area contributed by atoms with Gasteiger partial charge >= 0.3 is 0 Å². The number of hydrogen-bond donors (Lipinski definition) is 1. The fraction of sp³-hybridized carbons (Fsp3) is 0.692. The van der Waals surface area contributed by atoms with Crippen LogP contribution in [0.1, 0.15) is 64.0 Å². The third-order valence-corrected chi connectivity index (χ3v) is 2.96. The predicted octanol–water partition coefficient (Wildman–Crippen LogP) is 4.48. The molecule has 0 aliphatic heterocycles. The van der Waals surface area contributed by atoms with E-state index in [0.29, 0.717) is 0 Å². The van der Waals surface area contributed by atoms with Gasteiger partial charge in [-0.2, -0.15) is 0 Å². The Kier molecular flexibility index (Phi) is 5.43. The molecule has 1 unspecified atom stereocenters. The monoisotopic (exact) mass is 193 g/mol. The van der Waals surface area contributed by atoms with E-state index in [0.717, 1.165) is 5.92 Å². The van der Waals surface area contributed by atoms with Crippen molar-refractivity contribution in [3.05, 3.63) is 24.0 Å². The van der Waals surface area contributed by atoms with Crippen molar-refractivity contribution in [2.75, 3.05) is 0 Å². The highest BCUT2D eigenvalue weighted by molar-refractivity contribution is 5.09. The first-order valence-electron chi connectivity index (χ1n) is 6.01. The normalized spacial score (nSPS) is 13.0. The summed E-state index contributed by atoms with van der Waals surface area (Å²) in [5.74, 6) is 0.752. The first-order valence-corrected chi connectivity index (χ1v) is 6.01. The van der Waals surface area contributed by atoms with Crippen LogP contribution in [0.5, 0.6) is 0 Å². The van der Waals surface area contributed by atoms with Crippen molar-refractivity contribution in [2.45, 2.75) is 58.3 Å². The number of aromatic amines is 1. The highest BCUT2D eigenvalue weighted by Gasteiger charge is 2.08. The summed E-state index contributed by atoms with van der Waals surface area (Å²) in [6.07, 6.45) is 10.1. The summed E-state index contributed by atoms with van der Waals surface area (Å²) in [7, 11) is 0. The Labute approximate surface area is 87.9 Å². The van der Waals surface area contributed by atoms with E-state index in [9.17, 15) is 0 Å². The van der Waals surface area contributed by atoms with E-state index >= 15 is 0 Å². The van der Waals surface area contributed by atoms with Crippen LogP contribution in [0, 0.1) is 0 Å². The van der Waals surface area contributed by atoms with Gasteiger partial charge < -0.3 is 4.98 Å². The van der Waals surface area contributed by atoms with E-state index < -0.39 is 0 Å². The zero-order valence-corrected chi connectivity index (χ0v) is 9.55. The Hall–Kier alpha value is -0.720. The fourth-order valence-corrected chi connectivity index (χ4v) is 2.00. The zero-order valence-electron chi connectivity index (χ0n) is 9.55. The number of rotatable bonds is 7. The lowest BCUT2D eigenvalue weighted by molar-refractivity contribution is 0.535. The summed E-state index contributed by atoms with van der Waals surface area (Å²) in [6.45, 7) is 4.55. The smallest absolute Gasteiger partial charge is 0.0178 e. The summed E-state index contributed by atoms with van der Waals surface area (Å²) in [4.78, 5) is 3.33. The highest BCUT2D eigenvalue weighted by atomic mass is 14.7. The van der Waals surface area contributed by atoms with E-state index in [1.165, 1.54) is 44.2 Å². The van der Waals surface area contributed by atoms with Gasteiger partial charge in [0.25, 0.3) is 0 Å². The molecule has 14 heavy (non-hydrogen) atoms. The molecule has 1 heteroatoms. The van der Waals surface area contributed by atoms with Crippen LogP contribution in [0.15, 0.2) is 18.3 Å². The number of H-pyrrole nitrogens is 1. The van der Waals surface area contributed by atoms with Crippen molar-refractivity contribution >= 4 is 0 Å². The van der Waals surface area contributed by atoms with Crippen LogP contribution in [-0.2, 0) is 0 Å². The maximum atomic E-state index is 3.33. The van der Waals surface area contributed by atoms with Crippen LogP contribution >= 0.6 is 0 Å². The molecule has 1 nitrogen and oxygen atoms in total. The Morgan fingerprint density at radius 2 is 2.07 bits per heavy atom. The number of hydrogen-bond acceptors (Lipinski definition) is 0. The molecule has 0 aliphatic carbocycles. The summed E-state index contributed by atoms with van der Waals surface area (Å²) in [5.41, 5.74) is 1.42. The lowest BCUT2D eigenvalue weighted by atomic mass is 9.95. The molecule has 1 aromatic rings. The van der Waals surface area contributed by atoms with E-state index in [-0.39, 0.29) is 0 Å². The second-order valence-electron chi connectivity index (χ2n) is 4.08. The molecule has 0 fully saturated rings. The van der Waals surface area contributed by atoms with Gasteiger partial charge in [-0.05, 0) is 30.9 Å². The van der Waals surface area contributed by atoms with Gasteiger partial charge in [-0.15, -0.1) is 0 Å². The van der Waals surface area contributed by atoms with Gasteiger partial charge in [-0.3, -0.25) is 0 Å². The standard InChI is InChI=1S/C13H23N/c1-3-5-6-7-9-12(4-2)13-10-8-11-14-13/h8,10-12,14H,3-7,9H2,1-2H3. The van der Waals surface area contributed by atoms with Gasteiger partial charge in [0.05, 0.1) is 0 Å². The molecule has 0 aliphatic rings. The van der Waals surface area contributed by atoms with Crippen LogP contribution in [0.25, 0.3) is 0 Å². The number of nitrogens with one attached hydrogen (secondary N) is 1. The molecule has 80 valence electrons. The molecule has 0 radical (unpaired) electrons. The molecule has 1 N–H and O–H groups in total. The molecule has 0 bridgehead atoms. The van der Waals surface area contributed by atoms with Gasteiger partial charge in [-0.1, -0.05) is 39.5 Å². The summed E-state index contributed by atoms with van der Waals surface area (Å²) in [6, 6.07) is 4.32. The fourth-order valence-electron chi connectivity index (χ4n) is 2.00. The van der Waals surface area contributed by atoms with Gasteiger partial charge in [0.2, 0.25) is 0 Å². The van der Waals surface area contributed by atoms with Gasteiger partial charge in [-0.25, -0.2) is 0 Å². The largest absolute Gasteiger partial charge is 0.365 e. The predicted molar refractivity (Wildman–Crippen MR) is 62.6 cm³/mol. The van der Waals surface area contributed by atoms with Crippen molar-refractivity contribution in [2.24, 2.45) is 0 Å². The van der Waals surface area contributed by atoms with E-state index in [1.54, 1.807) is 0 Å². The minimum absolute atomic E-state index is 0.752. The number of unbranched alkanes of at least 4 members (excludes halogenated alkanes) is 3. The maximum Gasteiger partial charge on any atom is 0.0178 e. The third-order valence-electron chi connectivity index (χ3n) is 2.96. The van der Waals surface area contributed by atoms with Crippen LogP contribution < -0.4 is 0 Å². The average Bonchev–Trinajstić information content (AvgIpc) is 2.71. The zero-order chi connectivity index (χ0) is 10.2. The third kappa shape index (κ3) is 3.57. The van der Waals surface area contributed by atoms with Gasteiger partial charge in [0, 0.05) is 11.9 Å². The average molecular weight is 193 g/mol. The Balaban J connectivity index is 2.26. The van der Waals surface area contributed by atoms with Crippen LogP contribution in [0.4, 0.5) is 0 Å². The molecule has 1 atom stereocenters. The van der Waals surface area contributed by atoms with E-state index in [1.807, 2.05) is 6.20 Å². The summed E-state index contributed by atoms with van der Waals surface area (Å²) in [5, 5.41) is 0. The Morgan fingerprint density at radius 3 is 2.64 bits per heavy atom. The molecule has 1 aromatic heterocycles. The molecule has 0 saturated carbocycles. The van der Waals surface area contributed by atoms with Crippen molar-refractivity contribution in [3.8, 4) is 0 Å². The summed E-state index contributed by atoms with van der Waals surface area (Å²) >= 11 is 0. The Morgan fingerprint density at radius 1 is 1.21 bits per heavy atom. The molecule has 1 heterocycles. The molecular formula is C13H23N. The van der Waals surface area contributed by atoms with Crippen molar-refractivity contribution in [1.82, 2.24) is 4.98 Å². The second kappa shape index (κ2) is 6.69. The SMILES string of the molecule is CCCCCCC(CC)c1ccc[nH]1. The first-order chi connectivity index (χ1) is 6.88. The minimum Gasteiger partial charge on any atom is -0.365 e. The molecule has 0 spiro atoms. The van der Waals surface area contributed by atoms with Crippen LogP contribution in [-0.4, -0.2) is 4.98 Å². The van der Waals surface area contributed by atoms with Crippen molar-refractivity contribution < 1.29 is 0 Å². The van der Waals surface area contributed by atoms with Gasteiger partial charge in [0.1, 0.15) is 0 Å². The lowest BCUT2D eigenvalue weighted by Gasteiger charge is -2.12. The molecule has 0 saturated heterocycles. The van der Waals surface area contributed by atoms with Crippen molar-refractivity contribution in [1.29, 1.82) is 0 Å². The topological polar surface area (TPSA) is 15.8 Å². The quantitative estimate of drug-likeness (QED) is 0.615.